The minimum Gasteiger partial charge on any atom is -0.497 e. The van der Waals surface area contributed by atoms with Gasteiger partial charge in [-0.1, -0.05) is 48.2 Å². The highest BCUT2D eigenvalue weighted by atomic mass is 32.2. The second-order valence-corrected chi connectivity index (χ2v) is 8.30. The molecule has 0 unspecified atom stereocenters. The number of hydrogen-bond donors (Lipinski definition) is 1. The van der Waals surface area contributed by atoms with Gasteiger partial charge in [0.2, 0.25) is 5.91 Å². The Kier molecular flexibility index (Phi) is 6.28. The van der Waals surface area contributed by atoms with Crippen molar-refractivity contribution in [1.29, 1.82) is 0 Å². The van der Waals surface area contributed by atoms with Crippen molar-refractivity contribution in [3.63, 3.8) is 0 Å². The molecule has 6 nitrogen and oxygen atoms in total. The Bertz CT molecular complexity index is 1340. The first-order valence-electron chi connectivity index (χ1n) is 10.1. The number of amides is 1. The maximum atomic E-state index is 13.3. The molecule has 7 heteroatoms. The second kappa shape index (κ2) is 9.28. The molecule has 0 radical (unpaired) electrons. The zero-order chi connectivity index (χ0) is 22.7. The molecule has 1 amide bonds. The number of nitrogens with one attached hydrogen (secondary N) is 1. The number of benzene rings is 3. The Balaban J connectivity index is 1.70. The number of aromatic nitrogens is 2. The summed E-state index contributed by atoms with van der Waals surface area (Å²) in [6.07, 6.45) is 0. The average molecular weight is 446 g/mol. The first-order valence-corrected chi connectivity index (χ1v) is 11.1. The molecule has 1 heterocycles. The van der Waals surface area contributed by atoms with E-state index in [-0.39, 0.29) is 17.2 Å². The molecule has 0 aliphatic heterocycles. The summed E-state index contributed by atoms with van der Waals surface area (Å²) < 4.78 is 6.85. The van der Waals surface area contributed by atoms with Crippen molar-refractivity contribution in [3.05, 3.63) is 88.2 Å². The number of methoxy groups -OCH3 is 1. The summed E-state index contributed by atoms with van der Waals surface area (Å²) in [7, 11) is 1.58. The van der Waals surface area contributed by atoms with Gasteiger partial charge in [-0.05, 0) is 49.2 Å². The van der Waals surface area contributed by atoms with Crippen LogP contribution in [0.1, 0.15) is 11.1 Å². The number of carbonyl (C=O) groups is 1. The van der Waals surface area contributed by atoms with Gasteiger partial charge in [-0.3, -0.25) is 14.2 Å². The predicted molar refractivity (Wildman–Crippen MR) is 129 cm³/mol. The van der Waals surface area contributed by atoms with E-state index in [0.717, 1.165) is 16.8 Å². The number of para-hydroxylation sites is 2. The molecule has 0 saturated carbocycles. The maximum Gasteiger partial charge on any atom is 0.266 e. The van der Waals surface area contributed by atoms with E-state index in [0.29, 0.717) is 27.5 Å². The summed E-state index contributed by atoms with van der Waals surface area (Å²) in [5, 5.41) is 3.94. The first-order chi connectivity index (χ1) is 15.5. The van der Waals surface area contributed by atoms with E-state index in [9.17, 15) is 9.59 Å². The highest BCUT2D eigenvalue weighted by Gasteiger charge is 2.16. The molecule has 4 aromatic rings. The quantitative estimate of drug-likeness (QED) is 0.343. The number of fused-ring (bicyclic) bond motifs is 1. The van der Waals surface area contributed by atoms with E-state index in [4.69, 9.17) is 4.74 Å². The Hall–Kier alpha value is -3.58. The number of thioether (sulfide) groups is 1. The number of aryl methyl sites for hydroxylation is 2. The summed E-state index contributed by atoms with van der Waals surface area (Å²) in [6.45, 7) is 3.92. The molecule has 162 valence electrons. The lowest BCUT2D eigenvalue weighted by Crippen LogP contribution is -2.23. The number of hydrogen-bond acceptors (Lipinski definition) is 5. The molecule has 1 N–H and O–H groups in total. The van der Waals surface area contributed by atoms with Crippen LogP contribution in [0.25, 0.3) is 16.6 Å². The van der Waals surface area contributed by atoms with Gasteiger partial charge in [0.05, 0.1) is 29.5 Å². The molecular formula is C25H23N3O3S. The summed E-state index contributed by atoms with van der Waals surface area (Å²) in [6, 6.07) is 20.3. The molecule has 0 fully saturated rings. The Morgan fingerprint density at radius 2 is 1.75 bits per heavy atom. The lowest BCUT2D eigenvalue weighted by atomic mass is 10.1. The molecule has 0 spiro atoms. The number of anilines is 1. The fourth-order valence-corrected chi connectivity index (χ4v) is 4.32. The van der Waals surface area contributed by atoms with Crippen LogP contribution >= 0.6 is 11.8 Å². The van der Waals surface area contributed by atoms with Gasteiger partial charge in [0, 0.05) is 11.8 Å². The van der Waals surface area contributed by atoms with Crippen molar-refractivity contribution in [2.24, 2.45) is 0 Å². The fourth-order valence-electron chi connectivity index (χ4n) is 3.50. The molecule has 0 saturated heterocycles. The van der Waals surface area contributed by atoms with Crippen LogP contribution in [0.2, 0.25) is 0 Å². The van der Waals surface area contributed by atoms with Gasteiger partial charge in [-0.25, -0.2) is 4.98 Å². The summed E-state index contributed by atoms with van der Waals surface area (Å²) >= 11 is 1.22. The highest BCUT2D eigenvalue weighted by Crippen LogP contribution is 2.25. The molecule has 32 heavy (non-hydrogen) atoms. The van der Waals surface area contributed by atoms with E-state index in [1.807, 2.05) is 62.4 Å². The number of ether oxygens (including phenoxy) is 1. The van der Waals surface area contributed by atoms with Gasteiger partial charge in [0.15, 0.2) is 5.16 Å². The third-order valence-electron chi connectivity index (χ3n) is 5.13. The topological polar surface area (TPSA) is 73.2 Å². The first kappa shape index (κ1) is 21.6. The van der Waals surface area contributed by atoms with E-state index in [1.54, 1.807) is 25.3 Å². The van der Waals surface area contributed by atoms with Gasteiger partial charge in [-0.15, -0.1) is 0 Å². The van der Waals surface area contributed by atoms with Gasteiger partial charge in [0.1, 0.15) is 5.75 Å². The van der Waals surface area contributed by atoms with Gasteiger partial charge in [-0.2, -0.15) is 0 Å². The Morgan fingerprint density at radius 1 is 1.03 bits per heavy atom. The van der Waals surface area contributed by atoms with Crippen LogP contribution in [0.5, 0.6) is 5.75 Å². The maximum absolute atomic E-state index is 13.3. The molecule has 0 atom stereocenters. The van der Waals surface area contributed by atoms with Crippen LogP contribution in [-0.2, 0) is 4.79 Å². The zero-order valence-corrected chi connectivity index (χ0v) is 18.9. The van der Waals surface area contributed by atoms with E-state index < -0.39 is 0 Å². The van der Waals surface area contributed by atoms with Crippen molar-refractivity contribution in [3.8, 4) is 11.4 Å². The smallest absolute Gasteiger partial charge is 0.266 e. The van der Waals surface area contributed by atoms with Crippen LogP contribution in [-0.4, -0.2) is 28.3 Å². The summed E-state index contributed by atoms with van der Waals surface area (Å²) in [5.74, 6) is 0.584. The summed E-state index contributed by atoms with van der Waals surface area (Å²) in [5.41, 5.74) is 3.84. The van der Waals surface area contributed by atoms with Crippen molar-refractivity contribution < 1.29 is 9.53 Å². The van der Waals surface area contributed by atoms with E-state index in [2.05, 4.69) is 10.3 Å². The number of rotatable bonds is 6. The Morgan fingerprint density at radius 3 is 2.50 bits per heavy atom. The molecule has 1 aromatic heterocycles. The van der Waals surface area contributed by atoms with Crippen LogP contribution < -0.4 is 15.6 Å². The van der Waals surface area contributed by atoms with E-state index in [1.165, 1.54) is 16.3 Å². The number of carbonyl (C=O) groups excluding carboxylic acids is 1. The molecule has 0 bridgehead atoms. The Labute approximate surface area is 190 Å². The molecule has 0 aliphatic rings. The molecule has 4 rings (SSSR count). The highest BCUT2D eigenvalue weighted by molar-refractivity contribution is 7.99. The average Bonchev–Trinajstić information content (AvgIpc) is 2.80. The summed E-state index contributed by atoms with van der Waals surface area (Å²) in [4.78, 5) is 30.7. The van der Waals surface area contributed by atoms with Crippen LogP contribution in [0.4, 0.5) is 5.69 Å². The van der Waals surface area contributed by atoms with Crippen molar-refractivity contribution >= 4 is 34.3 Å². The molecular weight excluding hydrogens is 422 g/mol. The monoisotopic (exact) mass is 445 g/mol. The minimum atomic E-state index is -0.193. The SMILES string of the molecule is COc1cccc(-n2c(SCC(=O)Nc3c(C)cccc3C)nc3ccccc3c2=O)c1. The molecule has 3 aromatic carbocycles. The minimum absolute atomic E-state index is 0.114. The van der Waals surface area contributed by atoms with Crippen LogP contribution in [0.15, 0.2) is 76.7 Å². The normalized spacial score (nSPS) is 10.8. The van der Waals surface area contributed by atoms with Crippen molar-refractivity contribution in [2.75, 3.05) is 18.2 Å². The zero-order valence-electron chi connectivity index (χ0n) is 18.1. The largest absolute Gasteiger partial charge is 0.497 e. The lowest BCUT2D eigenvalue weighted by Gasteiger charge is -2.15. The van der Waals surface area contributed by atoms with Gasteiger partial charge in [0.25, 0.3) is 5.56 Å². The molecule has 0 aliphatic carbocycles. The second-order valence-electron chi connectivity index (χ2n) is 7.36. The van der Waals surface area contributed by atoms with Gasteiger partial charge < -0.3 is 10.1 Å². The van der Waals surface area contributed by atoms with Crippen LogP contribution in [0, 0.1) is 13.8 Å². The van der Waals surface area contributed by atoms with Crippen LogP contribution in [0.3, 0.4) is 0 Å². The third-order valence-corrected chi connectivity index (χ3v) is 6.07. The standard InChI is InChI=1S/C25H23N3O3S/c1-16-8-6-9-17(2)23(16)27-22(29)15-32-25-26-21-13-5-4-12-20(21)24(30)28(25)18-10-7-11-19(14-18)31-3/h4-14H,15H2,1-3H3,(H,27,29). The van der Waals surface area contributed by atoms with E-state index >= 15 is 0 Å². The van der Waals surface area contributed by atoms with Crippen molar-refractivity contribution in [2.45, 2.75) is 19.0 Å². The van der Waals surface area contributed by atoms with Crippen molar-refractivity contribution in [1.82, 2.24) is 9.55 Å². The third kappa shape index (κ3) is 4.38. The number of nitrogens with zero attached hydrogens (tertiary/aromatic N) is 2. The predicted octanol–water partition coefficient (Wildman–Crippen LogP) is 4.74. The lowest BCUT2D eigenvalue weighted by molar-refractivity contribution is -0.113. The van der Waals surface area contributed by atoms with Gasteiger partial charge >= 0.3 is 0 Å². The fraction of sp³-hybridized carbons (Fsp3) is 0.160.